The van der Waals surface area contributed by atoms with Gasteiger partial charge in [0, 0.05) is 48.5 Å². The molecule has 258 valence electrons. The zero-order valence-electron chi connectivity index (χ0n) is 27.6. The van der Waals surface area contributed by atoms with Crippen LogP contribution in [0.25, 0.3) is 22.2 Å². The summed E-state index contributed by atoms with van der Waals surface area (Å²) in [6.45, 7) is 1.98. The Morgan fingerprint density at radius 2 is 1.86 bits per heavy atom. The molecule has 4 amide bonds. The third-order valence-electron chi connectivity index (χ3n) is 9.32. The van der Waals surface area contributed by atoms with Crippen LogP contribution in [0.2, 0.25) is 0 Å². The number of fused-ring (bicyclic) bond motifs is 2. The maximum atomic E-state index is 13.9. The number of ether oxygens (including phenoxy) is 1. The van der Waals surface area contributed by atoms with Crippen molar-refractivity contribution in [2.45, 2.75) is 68.7 Å². The molecule has 3 aliphatic rings. The van der Waals surface area contributed by atoms with E-state index in [1.165, 1.54) is 11.8 Å². The standard InChI is InChI=1S/C36H41N5O7S/c1-23(42)25-13-16-28-31(20-25)37-30(24-10-6-5-7-11-24)21-32(28)48-19-17-29-33(43)39-36(34(44)40-49(46,47)27-14-15-27)22-26(36)12-8-3-4-9-18-41(2)35(45)38-29/h5-8,10-13,16,20-21,26-27,29H,3-4,9,14-15,17-19,22H2,1-2H3,(H,38,45)(H,39,43)(H,40,44)/b12-8-/t26-,29+,36-/m1/s1. The van der Waals surface area contributed by atoms with Crippen LogP contribution in [0.4, 0.5) is 4.79 Å². The van der Waals surface area contributed by atoms with Crippen molar-refractivity contribution in [1.82, 2.24) is 25.2 Å². The fourth-order valence-corrected chi connectivity index (χ4v) is 7.41. The normalized spacial score (nSPS) is 23.8. The number of carbonyl (C=O) groups excluding carboxylic acids is 4. The number of hydrogen-bond acceptors (Lipinski definition) is 8. The summed E-state index contributed by atoms with van der Waals surface area (Å²) >= 11 is 0. The lowest BCUT2D eigenvalue weighted by Gasteiger charge is -2.26. The molecule has 2 aromatic carbocycles. The topological polar surface area (TPSA) is 164 Å². The second-order valence-electron chi connectivity index (χ2n) is 13.1. The van der Waals surface area contributed by atoms with Crippen molar-refractivity contribution < 1.29 is 32.3 Å². The number of pyridine rings is 1. The fourth-order valence-electron chi connectivity index (χ4n) is 6.05. The quantitative estimate of drug-likeness (QED) is 0.224. The highest BCUT2D eigenvalue weighted by Crippen LogP contribution is 2.46. The zero-order chi connectivity index (χ0) is 34.8. The Balaban J connectivity index is 1.25. The lowest BCUT2D eigenvalue weighted by Crippen LogP contribution is -2.58. The predicted molar refractivity (Wildman–Crippen MR) is 184 cm³/mol. The van der Waals surface area contributed by atoms with Gasteiger partial charge in [-0.15, -0.1) is 0 Å². The summed E-state index contributed by atoms with van der Waals surface area (Å²) in [5.74, 6) is -1.38. The van der Waals surface area contributed by atoms with Crippen molar-refractivity contribution in [3.05, 3.63) is 72.3 Å². The Morgan fingerprint density at radius 3 is 2.59 bits per heavy atom. The number of nitrogens with zero attached hydrogens (tertiary/aromatic N) is 2. The van der Waals surface area contributed by atoms with Gasteiger partial charge in [-0.25, -0.2) is 18.2 Å². The van der Waals surface area contributed by atoms with E-state index in [1.54, 1.807) is 31.3 Å². The average Bonchev–Trinajstić information content (AvgIpc) is 4.01. The number of sulfonamides is 1. The predicted octanol–water partition coefficient (Wildman–Crippen LogP) is 4.11. The molecule has 2 heterocycles. The zero-order valence-corrected chi connectivity index (χ0v) is 28.4. The van der Waals surface area contributed by atoms with E-state index in [2.05, 4.69) is 15.4 Å². The van der Waals surface area contributed by atoms with Crippen LogP contribution in [0.1, 0.15) is 62.2 Å². The largest absolute Gasteiger partial charge is 0.493 e. The summed E-state index contributed by atoms with van der Waals surface area (Å²) in [6, 6.07) is 15.0. The van der Waals surface area contributed by atoms with Gasteiger partial charge in [0.2, 0.25) is 15.9 Å². The maximum Gasteiger partial charge on any atom is 0.317 e. The third kappa shape index (κ3) is 7.77. The second kappa shape index (κ2) is 14.0. The molecule has 0 spiro atoms. The number of amides is 4. The summed E-state index contributed by atoms with van der Waals surface area (Å²) in [7, 11) is -2.19. The van der Waals surface area contributed by atoms with Crippen LogP contribution < -0.4 is 20.1 Å². The molecule has 3 N–H and O–H groups in total. The van der Waals surface area contributed by atoms with Gasteiger partial charge in [0.05, 0.1) is 23.1 Å². The van der Waals surface area contributed by atoms with Crippen molar-refractivity contribution in [2.24, 2.45) is 5.92 Å². The number of urea groups is 1. The van der Waals surface area contributed by atoms with Crippen LogP contribution >= 0.6 is 0 Å². The first-order valence-electron chi connectivity index (χ1n) is 16.7. The average molecular weight is 688 g/mol. The molecule has 6 rings (SSSR count). The SMILES string of the molecule is CC(=O)c1ccc2c(OCC[C@@H]3NC(=O)N(C)CCCC/C=C\[C@@H]4C[C@@]4(C(=O)NS(=O)(=O)C4CC4)NC3=O)cc(-c3ccccc3)nc2c1. The third-order valence-corrected chi connectivity index (χ3v) is 11.1. The molecule has 3 atom stereocenters. The number of aromatic nitrogens is 1. The number of Topliss-reactive ketones (excluding diaryl/α,β-unsaturated/α-hetero) is 1. The Labute approximate surface area is 285 Å². The first-order valence-corrected chi connectivity index (χ1v) is 18.2. The van der Waals surface area contributed by atoms with E-state index in [9.17, 15) is 27.6 Å². The van der Waals surface area contributed by atoms with Gasteiger partial charge in [-0.1, -0.05) is 48.6 Å². The highest BCUT2D eigenvalue weighted by molar-refractivity contribution is 7.91. The molecule has 0 unspecified atom stereocenters. The molecule has 49 heavy (non-hydrogen) atoms. The lowest BCUT2D eigenvalue weighted by atomic mass is 10.1. The summed E-state index contributed by atoms with van der Waals surface area (Å²) in [4.78, 5) is 59.0. The van der Waals surface area contributed by atoms with Crippen molar-refractivity contribution >= 4 is 44.6 Å². The van der Waals surface area contributed by atoms with Crippen LogP contribution in [-0.4, -0.2) is 79.0 Å². The van der Waals surface area contributed by atoms with Crippen LogP contribution in [0.3, 0.4) is 0 Å². The summed E-state index contributed by atoms with van der Waals surface area (Å²) in [5.41, 5.74) is 1.11. The molecule has 1 aliphatic heterocycles. The van der Waals surface area contributed by atoms with E-state index in [0.717, 1.165) is 24.8 Å². The first-order chi connectivity index (χ1) is 23.5. The summed E-state index contributed by atoms with van der Waals surface area (Å²) < 4.78 is 33.8. The smallest absolute Gasteiger partial charge is 0.317 e. The van der Waals surface area contributed by atoms with Gasteiger partial charge < -0.3 is 20.3 Å². The summed E-state index contributed by atoms with van der Waals surface area (Å²) in [6.07, 6.45) is 7.37. The van der Waals surface area contributed by atoms with Gasteiger partial charge in [0.15, 0.2) is 5.78 Å². The van der Waals surface area contributed by atoms with E-state index in [0.29, 0.717) is 47.3 Å². The first kappa shape index (κ1) is 34.1. The molecule has 12 nitrogen and oxygen atoms in total. The van der Waals surface area contributed by atoms with Gasteiger partial charge in [-0.05, 0) is 57.6 Å². The molecule has 2 aliphatic carbocycles. The molecule has 0 saturated heterocycles. The monoisotopic (exact) mass is 687 g/mol. The molecular formula is C36H41N5O7S. The molecule has 0 radical (unpaired) electrons. The number of benzene rings is 2. The van der Waals surface area contributed by atoms with Crippen LogP contribution in [0, 0.1) is 5.92 Å². The van der Waals surface area contributed by atoms with E-state index >= 15 is 0 Å². The number of rotatable bonds is 9. The Kier molecular flexibility index (Phi) is 9.73. The van der Waals surface area contributed by atoms with Gasteiger partial charge in [0.25, 0.3) is 5.91 Å². The molecule has 13 heteroatoms. The van der Waals surface area contributed by atoms with Crippen LogP contribution in [0.15, 0.2) is 66.7 Å². The highest BCUT2D eigenvalue weighted by Gasteiger charge is 2.61. The highest BCUT2D eigenvalue weighted by atomic mass is 32.2. The number of ketones is 1. The molecule has 3 aromatic rings. The Bertz CT molecular complexity index is 1910. The van der Waals surface area contributed by atoms with Crippen LogP contribution in [-0.2, 0) is 19.6 Å². The van der Waals surface area contributed by atoms with Gasteiger partial charge in [-0.3, -0.25) is 19.1 Å². The van der Waals surface area contributed by atoms with Crippen molar-refractivity contribution in [2.75, 3.05) is 20.2 Å². The van der Waals surface area contributed by atoms with Crippen molar-refractivity contribution in [3.63, 3.8) is 0 Å². The van der Waals surface area contributed by atoms with Crippen LogP contribution in [0.5, 0.6) is 5.75 Å². The minimum absolute atomic E-state index is 0.00245. The number of nitrogens with one attached hydrogen (secondary N) is 3. The van der Waals surface area contributed by atoms with Gasteiger partial charge in [0.1, 0.15) is 17.3 Å². The lowest BCUT2D eigenvalue weighted by molar-refractivity contribution is -0.130. The number of carbonyl (C=O) groups is 4. The number of allylic oxidation sites excluding steroid dienone is 1. The molecule has 2 saturated carbocycles. The maximum absolute atomic E-state index is 13.9. The molecule has 0 bridgehead atoms. The van der Waals surface area contributed by atoms with Crippen molar-refractivity contribution in [1.29, 1.82) is 0 Å². The fraction of sp³-hybridized carbons (Fsp3) is 0.417. The molecule has 2 fully saturated rings. The van der Waals surface area contributed by atoms with E-state index in [4.69, 9.17) is 9.72 Å². The molecular weight excluding hydrogens is 646 g/mol. The van der Waals surface area contributed by atoms with Gasteiger partial charge >= 0.3 is 6.03 Å². The minimum Gasteiger partial charge on any atom is -0.493 e. The Morgan fingerprint density at radius 1 is 1.08 bits per heavy atom. The summed E-state index contributed by atoms with van der Waals surface area (Å²) in [5, 5.41) is 5.69. The van der Waals surface area contributed by atoms with E-state index < -0.39 is 44.7 Å². The van der Waals surface area contributed by atoms with Crippen molar-refractivity contribution in [3.8, 4) is 17.0 Å². The Hall–Kier alpha value is -4.78. The molecule has 1 aromatic heterocycles. The van der Waals surface area contributed by atoms with E-state index in [1.807, 2.05) is 42.5 Å². The second-order valence-corrected chi connectivity index (χ2v) is 15.1. The minimum atomic E-state index is -3.84. The van der Waals surface area contributed by atoms with E-state index in [-0.39, 0.29) is 31.1 Å². The van der Waals surface area contributed by atoms with Gasteiger partial charge in [-0.2, -0.15) is 0 Å². The number of hydrogen-bond donors (Lipinski definition) is 3.